The highest BCUT2D eigenvalue weighted by atomic mass is 16.1. The largest absolute Gasteiger partial charge is 0.300 e. The number of rotatable bonds is 4. The lowest BCUT2D eigenvalue weighted by Crippen LogP contribution is -2.32. The van der Waals surface area contributed by atoms with Crippen LogP contribution in [-0.4, -0.2) is 29.8 Å². The Balaban J connectivity index is 1.83. The van der Waals surface area contributed by atoms with Crippen molar-refractivity contribution in [3.8, 4) is 0 Å². The molecule has 0 aliphatic heterocycles. The summed E-state index contributed by atoms with van der Waals surface area (Å²) in [7, 11) is 0. The summed E-state index contributed by atoms with van der Waals surface area (Å²) < 4.78 is 0. The Morgan fingerprint density at radius 3 is 2.62 bits per heavy atom. The molecule has 1 unspecified atom stereocenters. The number of ketones is 1. The Kier molecular flexibility index (Phi) is 2.68. The molecule has 0 heterocycles. The maximum atomic E-state index is 11.4. The third-order valence-corrected chi connectivity index (χ3v) is 3.36. The van der Waals surface area contributed by atoms with E-state index in [0.29, 0.717) is 11.7 Å². The fourth-order valence-corrected chi connectivity index (χ4v) is 2.34. The lowest BCUT2D eigenvalue weighted by molar-refractivity contribution is -0.121. The van der Waals surface area contributed by atoms with E-state index in [-0.39, 0.29) is 0 Å². The molecule has 0 aromatic carbocycles. The van der Waals surface area contributed by atoms with Crippen molar-refractivity contribution >= 4 is 5.78 Å². The standard InChI is InChI=1S/C11H19NO/c1-2-12(10-6-7-10)8-9-4-3-5-11(9)13/h9-10H,2-8H2,1H3. The zero-order valence-corrected chi connectivity index (χ0v) is 8.46. The van der Waals surface area contributed by atoms with Gasteiger partial charge in [0, 0.05) is 24.9 Å². The zero-order chi connectivity index (χ0) is 9.26. The Morgan fingerprint density at radius 2 is 2.15 bits per heavy atom. The molecule has 0 aromatic rings. The topological polar surface area (TPSA) is 20.3 Å². The van der Waals surface area contributed by atoms with Crippen molar-refractivity contribution < 1.29 is 4.79 Å². The molecule has 0 amide bonds. The fourth-order valence-electron chi connectivity index (χ4n) is 2.34. The van der Waals surface area contributed by atoms with Crippen molar-refractivity contribution in [2.45, 2.75) is 45.1 Å². The van der Waals surface area contributed by atoms with Gasteiger partial charge in [-0.3, -0.25) is 9.69 Å². The van der Waals surface area contributed by atoms with Crippen LogP contribution in [0, 0.1) is 5.92 Å². The van der Waals surface area contributed by atoms with Gasteiger partial charge in [0.05, 0.1) is 0 Å². The molecule has 13 heavy (non-hydrogen) atoms. The van der Waals surface area contributed by atoms with Crippen LogP contribution in [0.2, 0.25) is 0 Å². The molecule has 74 valence electrons. The summed E-state index contributed by atoms with van der Waals surface area (Å²) in [6.07, 6.45) is 5.82. The minimum absolute atomic E-state index is 0.376. The molecule has 2 saturated carbocycles. The van der Waals surface area contributed by atoms with Crippen LogP contribution in [0.5, 0.6) is 0 Å². The van der Waals surface area contributed by atoms with E-state index in [1.54, 1.807) is 0 Å². The molecule has 2 aliphatic carbocycles. The third kappa shape index (κ3) is 2.11. The van der Waals surface area contributed by atoms with Gasteiger partial charge >= 0.3 is 0 Å². The fraction of sp³-hybridized carbons (Fsp3) is 0.909. The van der Waals surface area contributed by atoms with E-state index in [4.69, 9.17) is 0 Å². The molecule has 0 spiro atoms. The molecule has 2 heteroatoms. The predicted octanol–water partition coefficient (Wildman–Crippen LogP) is 1.84. The SMILES string of the molecule is CCN(CC1CCCC1=O)C1CC1. The highest BCUT2D eigenvalue weighted by Crippen LogP contribution is 2.30. The van der Waals surface area contributed by atoms with E-state index in [0.717, 1.165) is 38.4 Å². The smallest absolute Gasteiger partial charge is 0.137 e. The maximum Gasteiger partial charge on any atom is 0.137 e. The normalized spacial score (nSPS) is 28.8. The summed E-state index contributed by atoms with van der Waals surface area (Å²) in [6.45, 7) is 4.37. The van der Waals surface area contributed by atoms with Gasteiger partial charge in [0.15, 0.2) is 0 Å². The second kappa shape index (κ2) is 3.79. The van der Waals surface area contributed by atoms with Crippen molar-refractivity contribution in [3.05, 3.63) is 0 Å². The van der Waals surface area contributed by atoms with Crippen LogP contribution in [-0.2, 0) is 4.79 Å². The first-order valence-electron chi connectivity index (χ1n) is 5.58. The van der Waals surface area contributed by atoms with Gasteiger partial charge in [0.1, 0.15) is 5.78 Å². The van der Waals surface area contributed by atoms with E-state index < -0.39 is 0 Å². The Hall–Kier alpha value is -0.370. The molecular formula is C11H19NO. The quantitative estimate of drug-likeness (QED) is 0.659. The summed E-state index contributed by atoms with van der Waals surface area (Å²) in [5, 5.41) is 0. The number of hydrogen-bond acceptors (Lipinski definition) is 2. The van der Waals surface area contributed by atoms with Crippen molar-refractivity contribution in [2.24, 2.45) is 5.92 Å². The van der Waals surface area contributed by atoms with Crippen molar-refractivity contribution in [1.29, 1.82) is 0 Å². The second-order valence-electron chi connectivity index (χ2n) is 4.37. The monoisotopic (exact) mass is 181 g/mol. The number of carbonyl (C=O) groups is 1. The van der Waals surface area contributed by atoms with Crippen LogP contribution in [0.4, 0.5) is 0 Å². The molecule has 2 fully saturated rings. The lowest BCUT2D eigenvalue weighted by Gasteiger charge is -2.22. The molecule has 2 nitrogen and oxygen atoms in total. The molecule has 2 rings (SSSR count). The molecule has 0 bridgehead atoms. The van der Waals surface area contributed by atoms with E-state index >= 15 is 0 Å². The van der Waals surface area contributed by atoms with Crippen LogP contribution in [0.25, 0.3) is 0 Å². The highest BCUT2D eigenvalue weighted by Gasteiger charge is 2.32. The summed E-state index contributed by atoms with van der Waals surface area (Å²) in [5.41, 5.74) is 0. The average molecular weight is 181 g/mol. The van der Waals surface area contributed by atoms with E-state index in [1.807, 2.05) is 0 Å². The summed E-state index contributed by atoms with van der Waals surface area (Å²) in [4.78, 5) is 13.9. The van der Waals surface area contributed by atoms with Crippen LogP contribution < -0.4 is 0 Å². The van der Waals surface area contributed by atoms with Gasteiger partial charge in [-0.05, 0) is 32.2 Å². The van der Waals surface area contributed by atoms with Crippen LogP contribution in [0.3, 0.4) is 0 Å². The van der Waals surface area contributed by atoms with Crippen molar-refractivity contribution in [3.63, 3.8) is 0 Å². The van der Waals surface area contributed by atoms with Gasteiger partial charge in [0.25, 0.3) is 0 Å². The molecule has 2 aliphatic rings. The number of hydrogen-bond donors (Lipinski definition) is 0. The van der Waals surface area contributed by atoms with Crippen LogP contribution in [0.1, 0.15) is 39.0 Å². The van der Waals surface area contributed by atoms with Crippen LogP contribution >= 0.6 is 0 Å². The maximum absolute atomic E-state index is 11.4. The Labute approximate surface area is 80.3 Å². The highest BCUT2D eigenvalue weighted by molar-refractivity contribution is 5.83. The van der Waals surface area contributed by atoms with Crippen molar-refractivity contribution in [2.75, 3.05) is 13.1 Å². The van der Waals surface area contributed by atoms with Crippen molar-refractivity contribution in [1.82, 2.24) is 4.90 Å². The van der Waals surface area contributed by atoms with Gasteiger partial charge in [-0.25, -0.2) is 0 Å². The minimum Gasteiger partial charge on any atom is -0.300 e. The van der Waals surface area contributed by atoms with E-state index in [9.17, 15) is 4.79 Å². The van der Waals surface area contributed by atoms with E-state index in [2.05, 4.69) is 11.8 Å². The first kappa shape index (κ1) is 9.20. The Bertz CT molecular complexity index is 198. The summed E-state index contributed by atoms with van der Waals surface area (Å²) >= 11 is 0. The molecule has 0 aromatic heterocycles. The zero-order valence-electron chi connectivity index (χ0n) is 8.46. The average Bonchev–Trinajstić information content (AvgIpc) is 2.88. The number of Topliss-reactive ketones (excluding diaryl/α,β-unsaturated/α-hetero) is 1. The molecule has 0 radical (unpaired) electrons. The molecule has 0 saturated heterocycles. The first-order valence-corrected chi connectivity index (χ1v) is 5.58. The van der Waals surface area contributed by atoms with Gasteiger partial charge in [-0.1, -0.05) is 6.92 Å². The summed E-state index contributed by atoms with van der Waals surface area (Å²) in [5.74, 6) is 0.889. The molecular weight excluding hydrogens is 162 g/mol. The third-order valence-electron chi connectivity index (χ3n) is 3.36. The minimum atomic E-state index is 0.376. The van der Waals surface area contributed by atoms with E-state index in [1.165, 1.54) is 12.8 Å². The van der Waals surface area contributed by atoms with Gasteiger partial charge in [0.2, 0.25) is 0 Å². The predicted molar refractivity (Wildman–Crippen MR) is 52.6 cm³/mol. The Morgan fingerprint density at radius 1 is 1.38 bits per heavy atom. The first-order chi connectivity index (χ1) is 6.31. The number of nitrogens with zero attached hydrogens (tertiary/aromatic N) is 1. The van der Waals surface area contributed by atoms with Crippen LogP contribution in [0.15, 0.2) is 0 Å². The second-order valence-corrected chi connectivity index (χ2v) is 4.37. The molecule has 1 atom stereocenters. The van der Waals surface area contributed by atoms with Gasteiger partial charge in [-0.15, -0.1) is 0 Å². The number of carbonyl (C=O) groups excluding carboxylic acids is 1. The molecule has 0 N–H and O–H groups in total. The van der Waals surface area contributed by atoms with Gasteiger partial charge < -0.3 is 0 Å². The summed E-state index contributed by atoms with van der Waals surface area (Å²) in [6, 6.07) is 0.818. The van der Waals surface area contributed by atoms with Gasteiger partial charge in [-0.2, -0.15) is 0 Å². The lowest BCUT2D eigenvalue weighted by atomic mass is 10.1.